The van der Waals surface area contributed by atoms with Crippen LogP contribution in [-0.2, 0) is 17.8 Å². The first kappa shape index (κ1) is 26.7. The Bertz CT molecular complexity index is 1560. The zero-order chi connectivity index (χ0) is 27.2. The summed E-state index contributed by atoms with van der Waals surface area (Å²) in [7, 11) is 1.30. The first-order valence-electron chi connectivity index (χ1n) is 11.8. The smallest absolute Gasteiger partial charge is 0.337 e. The Morgan fingerprint density at radius 3 is 2.34 bits per heavy atom. The number of esters is 1. The number of hydrogen-bond donors (Lipinski definition) is 1. The van der Waals surface area contributed by atoms with E-state index in [0.29, 0.717) is 39.8 Å². The Balaban J connectivity index is 1.64. The van der Waals surface area contributed by atoms with Crippen molar-refractivity contribution in [3.63, 3.8) is 0 Å². The lowest BCUT2D eigenvalue weighted by Crippen LogP contribution is -2.42. The highest BCUT2D eigenvalue weighted by Crippen LogP contribution is 2.26. The summed E-state index contributed by atoms with van der Waals surface area (Å²) in [6, 6.07) is 19.8. The van der Waals surface area contributed by atoms with E-state index >= 15 is 4.39 Å². The van der Waals surface area contributed by atoms with Gasteiger partial charge in [-0.1, -0.05) is 36.7 Å². The van der Waals surface area contributed by atoms with Crippen LogP contribution in [0.5, 0.6) is 11.5 Å². The van der Waals surface area contributed by atoms with Crippen LogP contribution in [0.15, 0.2) is 82.4 Å². The Morgan fingerprint density at radius 1 is 0.974 bits per heavy atom. The molecule has 196 valence electrons. The summed E-state index contributed by atoms with van der Waals surface area (Å²) in [4.78, 5) is 37.6. The van der Waals surface area contributed by atoms with E-state index in [-0.39, 0.29) is 18.9 Å². The second kappa shape index (κ2) is 11.8. The van der Waals surface area contributed by atoms with E-state index in [1.807, 2.05) is 0 Å². The molecule has 0 fully saturated rings. The zero-order valence-electron chi connectivity index (χ0n) is 20.7. The van der Waals surface area contributed by atoms with Gasteiger partial charge in [-0.3, -0.25) is 13.9 Å². The third kappa shape index (κ3) is 5.95. The summed E-state index contributed by atoms with van der Waals surface area (Å²) in [5, 5.41) is 3.41. The second-order valence-electron chi connectivity index (χ2n) is 8.39. The molecule has 0 aliphatic rings. The number of halogens is 2. The number of nitrogens with zero attached hydrogens (tertiary/aromatic N) is 2. The predicted molar refractivity (Wildman–Crippen MR) is 143 cm³/mol. The largest absolute Gasteiger partial charge is 0.465 e. The fourth-order valence-corrected chi connectivity index (χ4v) is 3.94. The molecule has 0 saturated heterocycles. The summed E-state index contributed by atoms with van der Waals surface area (Å²) in [6.07, 6.45) is 0.492. The maximum Gasteiger partial charge on any atom is 0.337 e. The highest BCUT2D eigenvalue weighted by molar-refractivity contribution is 6.30. The molecule has 0 bridgehead atoms. The van der Waals surface area contributed by atoms with Crippen LogP contribution in [0, 0.1) is 5.82 Å². The number of ether oxygens (including phenoxy) is 2. The quantitative estimate of drug-likeness (QED) is 0.280. The topological polar surface area (TPSA) is 91.6 Å². The first-order valence-corrected chi connectivity index (χ1v) is 12.2. The molecule has 38 heavy (non-hydrogen) atoms. The van der Waals surface area contributed by atoms with E-state index in [4.69, 9.17) is 21.1 Å². The summed E-state index contributed by atoms with van der Waals surface area (Å²) in [6.45, 7) is 1.92. The molecule has 0 radical (unpaired) electrons. The van der Waals surface area contributed by atoms with E-state index < -0.39 is 23.0 Å². The lowest BCUT2D eigenvalue weighted by molar-refractivity contribution is 0.0600. The van der Waals surface area contributed by atoms with Crippen LogP contribution in [0.1, 0.15) is 29.3 Å². The van der Waals surface area contributed by atoms with Crippen molar-refractivity contribution in [3.8, 4) is 11.5 Å². The standard InChI is InChI=1S/C28H25ClFN3O5/c1-3-15-32-26(34)24(30)25(33(28(32)36)17-18-7-9-20(29)10-8-18)31-21-11-13-22(14-12-21)38-23-6-4-5-19(16-23)27(35)37-2/h4-14,16,31H,3,15,17H2,1-2H3. The van der Waals surface area contributed by atoms with Gasteiger partial charge in [-0.25, -0.2) is 9.59 Å². The average molecular weight is 538 g/mol. The SMILES string of the molecule is CCCn1c(=O)c(F)c(Nc2ccc(Oc3cccc(C(=O)OC)c3)cc2)n(Cc2ccc(Cl)cc2)c1=O. The molecular formula is C28H25ClFN3O5. The van der Waals surface area contributed by atoms with Crippen LogP contribution in [0.4, 0.5) is 15.9 Å². The van der Waals surface area contributed by atoms with Crippen molar-refractivity contribution < 1.29 is 18.7 Å². The molecule has 0 amide bonds. The number of nitrogens with one attached hydrogen (secondary N) is 1. The number of rotatable bonds is 9. The number of methoxy groups -OCH3 is 1. The van der Waals surface area contributed by atoms with Gasteiger partial charge in [-0.15, -0.1) is 0 Å². The molecule has 1 N–H and O–H groups in total. The highest BCUT2D eigenvalue weighted by atomic mass is 35.5. The van der Waals surface area contributed by atoms with Crippen LogP contribution in [0.3, 0.4) is 0 Å². The molecule has 0 spiro atoms. The van der Waals surface area contributed by atoms with E-state index in [1.54, 1.807) is 79.7 Å². The maximum atomic E-state index is 15.3. The van der Waals surface area contributed by atoms with Crippen molar-refractivity contribution >= 4 is 29.1 Å². The minimum absolute atomic E-state index is 0.0248. The number of benzene rings is 3. The van der Waals surface area contributed by atoms with Crippen molar-refractivity contribution in [3.05, 3.63) is 116 Å². The molecule has 8 nitrogen and oxygen atoms in total. The van der Waals surface area contributed by atoms with E-state index in [9.17, 15) is 14.4 Å². The molecule has 0 saturated carbocycles. The minimum atomic E-state index is -1.06. The average Bonchev–Trinajstić information content (AvgIpc) is 2.93. The summed E-state index contributed by atoms with van der Waals surface area (Å²) in [5.74, 6) is -0.915. The van der Waals surface area contributed by atoms with Gasteiger partial charge in [0.15, 0.2) is 5.82 Å². The molecule has 0 aliphatic carbocycles. The van der Waals surface area contributed by atoms with Crippen molar-refractivity contribution in [2.24, 2.45) is 0 Å². The van der Waals surface area contributed by atoms with Gasteiger partial charge in [-0.05, 0) is 66.6 Å². The second-order valence-corrected chi connectivity index (χ2v) is 8.82. The molecule has 0 aliphatic heterocycles. The number of aromatic nitrogens is 2. The Morgan fingerprint density at radius 2 is 1.68 bits per heavy atom. The molecule has 1 aromatic heterocycles. The zero-order valence-corrected chi connectivity index (χ0v) is 21.5. The van der Waals surface area contributed by atoms with E-state index in [0.717, 1.165) is 4.57 Å². The Hall–Kier alpha value is -4.37. The van der Waals surface area contributed by atoms with Crippen molar-refractivity contribution in [2.75, 3.05) is 12.4 Å². The molecule has 10 heteroatoms. The highest BCUT2D eigenvalue weighted by Gasteiger charge is 2.20. The molecule has 1 heterocycles. The van der Waals surface area contributed by atoms with Gasteiger partial charge in [0.25, 0.3) is 5.56 Å². The van der Waals surface area contributed by atoms with Crippen molar-refractivity contribution in [2.45, 2.75) is 26.4 Å². The fraction of sp³-hybridized carbons (Fsp3) is 0.179. The van der Waals surface area contributed by atoms with Gasteiger partial charge in [0.2, 0.25) is 5.82 Å². The van der Waals surface area contributed by atoms with Crippen LogP contribution in [0.25, 0.3) is 0 Å². The van der Waals surface area contributed by atoms with Crippen LogP contribution in [-0.4, -0.2) is 22.2 Å². The lowest BCUT2D eigenvalue weighted by atomic mass is 10.2. The van der Waals surface area contributed by atoms with Gasteiger partial charge in [0.05, 0.1) is 19.2 Å². The summed E-state index contributed by atoms with van der Waals surface area (Å²) < 4.78 is 28.0. The summed E-state index contributed by atoms with van der Waals surface area (Å²) in [5.41, 5.74) is -0.136. The number of carbonyl (C=O) groups is 1. The lowest BCUT2D eigenvalue weighted by Gasteiger charge is -2.18. The van der Waals surface area contributed by atoms with E-state index in [1.165, 1.54) is 11.7 Å². The number of hydrogen-bond acceptors (Lipinski definition) is 6. The molecular weight excluding hydrogens is 513 g/mol. The molecule has 0 unspecified atom stereocenters. The first-order chi connectivity index (χ1) is 18.3. The van der Waals surface area contributed by atoms with Gasteiger partial charge >= 0.3 is 11.7 Å². The number of anilines is 2. The van der Waals surface area contributed by atoms with E-state index in [2.05, 4.69) is 5.32 Å². The van der Waals surface area contributed by atoms with Crippen LogP contribution < -0.4 is 21.3 Å². The van der Waals surface area contributed by atoms with Crippen LogP contribution in [0.2, 0.25) is 5.02 Å². The molecule has 0 atom stereocenters. The molecule has 3 aromatic carbocycles. The van der Waals surface area contributed by atoms with Gasteiger partial charge < -0.3 is 14.8 Å². The van der Waals surface area contributed by atoms with Gasteiger partial charge in [-0.2, -0.15) is 4.39 Å². The predicted octanol–water partition coefficient (Wildman–Crippen LogP) is 5.58. The minimum Gasteiger partial charge on any atom is -0.465 e. The maximum absolute atomic E-state index is 15.3. The number of carbonyl (C=O) groups excluding carboxylic acids is 1. The molecule has 4 rings (SSSR count). The van der Waals surface area contributed by atoms with Crippen molar-refractivity contribution in [1.82, 2.24) is 9.13 Å². The third-order valence-electron chi connectivity index (χ3n) is 5.68. The van der Waals surface area contributed by atoms with Crippen LogP contribution >= 0.6 is 11.6 Å². The summed E-state index contributed by atoms with van der Waals surface area (Å²) >= 11 is 5.97. The fourth-order valence-electron chi connectivity index (χ4n) is 3.81. The van der Waals surface area contributed by atoms with Gasteiger partial charge in [0.1, 0.15) is 11.5 Å². The van der Waals surface area contributed by atoms with Gasteiger partial charge in [0, 0.05) is 17.3 Å². The van der Waals surface area contributed by atoms with Crippen molar-refractivity contribution in [1.29, 1.82) is 0 Å². The molecule has 4 aromatic rings. The Labute approximate surface area is 222 Å². The third-order valence-corrected chi connectivity index (χ3v) is 5.93. The Kier molecular flexibility index (Phi) is 8.28. The monoisotopic (exact) mass is 537 g/mol. The normalized spacial score (nSPS) is 10.7.